The molecule has 0 aromatic carbocycles. The zero-order valence-corrected chi connectivity index (χ0v) is 26.2. The minimum Gasteiger partial charge on any atom is -0.300 e. The first kappa shape index (κ1) is 36.7. The standard InChI is InChI=1S/C36H72O/c1-3-5-7-9-10-11-12-13-14-15-16-17-18-19-20-21-22-23-24-25-26-27-28-29-31-33-35-36(37)34-32-30-8-6-4-2/h3-35H2,1-2H3. The van der Waals surface area contributed by atoms with Crippen molar-refractivity contribution in [3.05, 3.63) is 0 Å². The highest BCUT2D eigenvalue weighted by Gasteiger charge is 2.02. The first-order chi connectivity index (χ1) is 18.3. The molecule has 0 atom stereocenters. The van der Waals surface area contributed by atoms with E-state index in [9.17, 15) is 4.79 Å². The number of carbonyl (C=O) groups excluding carboxylic acids is 1. The van der Waals surface area contributed by atoms with E-state index in [4.69, 9.17) is 0 Å². The summed E-state index contributed by atoms with van der Waals surface area (Å²) in [6.45, 7) is 4.55. The molecule has 0 radical (unpaired) electrons. The molecule has 0 aromatic heterocycles. The third-order valence-electron chi connectivity index (χ3n) is 8.37. The van der Waals surface area contributed by atoms with Gasteiger partial charge in [-0.25, -0.2) is 0 Å². The number of unbranched alkanes of at least 4 members (excludes halogenated alkanes) is 29. The van der Waals surface area contributed by atoms with Gasteiger partial charge in [0.25, 0.3) is 0 Å². The molecule has 37 heavy (non-hydrogen) atoms. The van der Waals surface area contributed by atoms with E-state index < -0.39 is 0 Å². The zero-order valence-electron chi connectivity index (χ0n) is 26.2. The Kier molecular flexibility index (Phi) is 33.4. The fourth-order valence-electron chi connectivity index (χ4n) is 5.69. The van der Waals surface area contributed by atoms with Crippen molar-refractivity contribution < 1.29 is 4.79 Å². The Morgan fingerprint density at radius 2 is 0.432 bits per heavy atom. The molecule has 0 aliphatic heterocycles. The monoisotopic (exact) mass is 521 g/mol. The third-order valence-corrected chi connectivity index (χ3v) is 8.37. The summed E-state index contributed by atoms with van der Waals surface area (Å²) in [5, 5.41) is 0. The highest BCUT2D eigenvalue weighted by Crippen LogP contribution is 2.16. The van der Waals surface area contributed by atoms with Crippen molar-refractivity contribution in [1.82, 2.24) is 0 Å². The molecule has 0 N–H and O–H groups in total. The summed E-state index contributed by atoms with van der Waals surface area (Å²) >= 11 is 0. The minimum absolute atomic E-state index is 0.515. The number of rotatable bonds is 33. The van der Waals surface area contributed by atoms with Gasteiger partial charge in [0.15, 0.2) is 0 Å². The van der Waals surface area contributed by atoms with Crippen LogP contribution < -0.4 is 0 Å². The molecule has 0 aliphatic rings. The van der Waals surface area contributed by atoms with E-state index in [-0.39, 0.29) is 0 Å². The van der Waals surface area contributed by atoms with Gasteiger partial charge in [-0.15, -0.1) is 0 Å². The van der Waals surface area contributed by atoms with Crippen LogP contribution in [0.5, 0.6) is 0 Å². The van der Waals surface area contributed by atoms with E-state index in [2.05, 4.69) is 13.8 Å². The second-order valence-corrected chi connectivity index (χ2v) is 12.3. The Bertz CT molecular complexity index is 415. The summed E-state index contributed by atoms with van der Waals surface area (Å²) in [7, 11) is 0. The predicted molar refractivity (Wildman–Crippen MR) is 169 cm³/mol. The smallest absolute Gasteiger partial charge is 0.132 e. The summed E-state index contributed by atoms with van der Waals surface area (Å²) in [5.74, 6) is 0.515. The van der Waals surface area contributed by atoms with Gasteiger partial charge in [-0.3, -0.25) is 4.79 Å². The molecule has 222 valence electrons. The largest absolute Gasteiger partial charge is 0.300 e. The molecule has 0 aliphatic carbocycles. The van der Waals surface area contributed by atoms with Crippen LogP contribution in [0.15, 0.2) is 0 Å². The van der Waals surface area contributed by atoms with Crippen molar-refractivity contribution in [2.24, 2.45) is 0 Å². The van der Waals surface area contributed by atoms with E-state index in [0.29, 0.717) is 5.78 Å². The molecule has 0 aromatic rings. The number of hydrogen-bond donors (Lipinski definition) is 0. The molecular formula is C36H72O. The third kappa shape index (κ3) is 33.6. The topological polar surface area (TPSA) is 17.1 Å². The van der Waals surface area contributed by atoms with Crippen molar-refractivity contribution in [3.8, 4) is 0 Å². The van der Waals surface area contributed by atoms with Crippen molar-refractivity contribution >= 4 is 5.78 Å². The number of hydrogen-bond acceptors (Lipinski definition) is 1. The lowest BCUT2D eigenvalue weighted by Crippen LogP contribution is -1.97. The average molecular weight is 521 g/mol. The van der Waals surface area contributed by atoms with E-state index in [1.165, 1.54) is 186 Å². The van der Waals surface area contributed by atoms with Crippen molar-refractivity contribution in [1.29, 1.82) is 0 Å². The predicted octanol–water partition coefficient (Wildman–Crippen LogP) is 13.5. The Balaban J connectivity index is 3.08. The molecule has 0 saturated carbocycles. The van der Waals surface area contributed by atoms with Gasteiger partial charge in [0.1, 0.15) is 5.78 Å². The number of ketones is 1. The average Bonchev–Trinajstić information content (AvgIpc) is 2.90. The molecular weight excluding hydrogens is 448 g/mol. The molecule has 0 rings (SSSR count). The van der Waals surface area contributed by atoms with Crippen LogP contribution >= 0.6 is 0 Å². The van der Waals surface area contributed by atoms with Crippen molar-refractivity contribution in [3.63, 3.8) is 0 Å². The van der Waals surface area contributed by atoms with Gasteiger partial charge in [0, 0.05) is 12.8 Å². The van der Waals surface area contributed by atoms with Gasteiger partial charge in [0.2, 0.25) is 0 Å². The van der Waals surface area contributed by atoms with Crippen LogP contribution in [-0.4, -0.2) is 5.78 Å². The lowest BCUT2D eigenvalue weighted by atomic mass is 10.0. The first-order valence-electron chi connectivity index (χ1n) is 17.8. The van der Waals surface area contributed by atoms with Crippen LogP contribution in [0.4, 0.5) is 0 Å². The number of Topliss-reactive ketones (excluding diaryl/α,β-unsaturated/α-hetero) is 1. The van der Waals surface area contributed by atoms with Gasteiger partial charge in [-0.1, -0.05) is 200 Å². The van der Waals surface area contributed by atoms with E-state index in [1.54, 1.807) is 0 Å². The van der Waals surface area contributed by atoms with Gasteiger partial charge < -0.3 is 0 Å². The molecule has 0 bridgehead atoms. The molecule has 0 fully saturated rings. The van der Waals surface area contributed by atoms with Crippen LogP contribution in [0.25, 0.3) is 0 Å². The van der Waals surface area contributed by atoms with E-state index in [1.807, 2.05) is 0 Å². The van der Waals surface area contributed by atoms with Crippen LogP contribution in [-0.2, 0) is 4.79 Å². The van der Waals surface area contributed by atoms with Crippen molar-refractivity contribution in [2.75, 3.05) is 0 Å². The second-order valence-electron chi connectivity index (χ2n) is 12.3. The molecule has 0 saturated heterocycles. The van der Waals surface area contributed by atoms with Crippen LogP contribution in [0.2, 0.25) is 0 Å². The Labute approximate surface area is 236 Å². The summed E-state index contributed by atoms with van der Waals surface area (Å²) < 4.78 is 0. The summed E-state index contributed by atoms with van der Waals surface area (Å²) in [5.41, 5.74) is 0. The highest BCUT2D eigenvalue weighted by atomic mass is 16.1. The highest BCUT2D eigenvalue weighted by molar-refractivity contribution is 5.78. The van der Waals surface area contributed by atoms with E-state index in [0.717, 1.165) is 25.7 Å². The van der Waals surface area contributed by atoms with Gasteiger partial charge in [0.05, 0.1) is 0 Å². The quantitative estimate of drug-likeness (QED) is 0.0786. The fraction of sp³-hybridized carbons (Fsp3) is 0.972. The van der Waals surface area contributed by atoms with Crippen LogP contribution in [0.1, 0.15) is 226 Å². The maximum atomic E-state index is 11.9. The second kappa shape index (κ2) is 33.7. The molecule has 0 heterocycles. The van der Waals surface area contributed by atoms with Gasteiger partial charge >= 0.3 is 0 Å². The van der Waals surface area contributed by atoms with Crippen molar-refractivity contribution in [2.45, 2.75) is 226 Å². The SMILES string of the molecule is CCCCCCCCCCCCCCCCCCCCCCCCCCCCC(=O)CCCCCCC. The molecule has 1 nitrogen and oxygen atoms in total. The van der Waals surface area contributed by atoms with Crippen LogP contribution in [0.3, 0.4) is 0 Å². The van der Waals surface area contributed by atoms with Crippen LogP contribution in [0, 0.1) is 0 Å². The summed E-state index contributed by atoms with van der Waals surface area (Å²) in [4.78, 5) is 11.9. The lowest BCUT2D eigenvalue weighted by Gasteiger charge is -2.04. The Morgan fingerprint density at radius 3 is 0.622 bits per heavy atom. The normalized spacial score (nSPS) is 11.4. The fourth-order valence-corrected chi connectivity index (χ4v) is 5.69. The summed E-state index contributed by atoms with van der Waals surface area (Å²) in [6.07, 6.45) is 45.2. The maximum Gasteiger partial charge on any atom is 0.132 e. The summed E-state index contributed by atoms with van der Waals surface area (Å²) in [6, 6.07) is 0. The molecule has 1 heteroatoms. The Hall–Kier alpha value is -0.330. The van der Waals surface area contributed by atoms with E-state index >= 15 is 0 Å². The lowest BCUT2D eigenvalue weighted by molar-refractivity contribution is -0.119. The van der Waals surface area contributed by atoms with Gasteiger partial charge in [-0.05, 0) is 12.8 Å². The zero-order chi connectivity index (χ0) is 26.9. The number of carbonyl (C=O) groups is 1. The molecule has 0 amide bonds. The molecule has 0 unspecified atom stereocenters. The Morgan fingerprint density at radius 1 is 0.270 bits per heavy atom. The minimum atomic E-state index is 0.515. The van der Waals surface area contributed by atoms with Gasteiger partial charge in [-0.2, -0.15) is 0 Å². The first-order valence-corrected chi connectivity index (χ1v) is 17.8. The molecule has 0 spiro atoms. The maximum absolute atomic E-state index is 11.9.